The van der Waals surface area contributed by atoms with Crippen LogP contribution in [0.2, 0.25) is 0 Å². The van der Waals surface area contributed by atoms with Gasteiger partial charge in [-0.3, -0.25) is 9.97 Å². The van der Waals surface area contributed by atoms with Crippen LogP contribution in [0.1, 0.15) is 5.69 Å². The van der Waals surface area contributed by atoms with Crippen LogP contribution in [0.3, 0.4) is 0 Å². The molecular weight excluding hydrogens is 699 g/mol. The molecule has 0 N–H and O–H groups in total. The van der Waals surface area contributed by atoms with Crippen LogP contribution in [-0.4, -0.2) is 24.5 Å². The zero-order valence-electron chi connectivity index (χ0n) is 22.5. The number of nitrogens with zero attached hydrogens (tertiary/aromatic N) is 5. The molecule has 0 aliphatic carbocycles. The van der Waals surface area contributed by atoms with Crippen molar-refractivity contribution in [3.8, 4) is 28.3 Å². The van der Waals surface area contributed by atoms with Gasteiger partial charge in [-0.05, 0) is 49.0 Å². The van der Waals surface area contributed by atoms with E-state index >= 15 is 0 Å². The number of aromatic nitrogens is 5. The normalized spacial score (nSPS) is 10.8. The molecule has 0 fully saturated rings. The molecule has 42 heavy (non-hydrogen) atoms. The Bertz CT molecular complexity index is 2070. The van der Waals surface area contributed by atoms with Crippen LogP contribution in [0.4, 0.5) is 0 Å². The number of hydrogen-bond acceptors (Lipinski definition) is 5. The first-order valence-electron chi connectivity index (χ1n) is 13.2. The van der Waals surface area contributed by atoms with Crippen molar-refractivity contribution in [3.63, 3.8) is 0 Å². The number of imidazole rings is 1. The van der Waals surface area contributed by atoms with Gasteiger partial charge in [0.1, 0.15) is 0 Å². The SMILES string of the molecule is Cc1ccc2c(n1)oc1c(-c3nc4ccncc4n3-c3ccccc3)[c-]ccc12.[Ir].[c-]1ccccc1-c1ccccn1. The minimum absolute atomic E-state index is 0. The summed E-state index contributed by atoms with van der Waals surface area (Å²) < 4.78 is 8.29. The summed E-state index contributed by atoms with van der Waals surface area (Å²) in [5.41, 5.74) is 7.91. The molecule has 0 unspecified atom stereocenters. The van der Waals surface area contributed by atoms with Gasteiger partial charge >= 0.3 is 0 Å². The zero-order valence-corrected chi connectivity index (χ0v) is 24.9. The van der Waals surface area contributed by atoms with Gasteiger partial charge in [-0.15, -0.1) is 54.1 Å². The second-order valence-electron chi connectivity index (χ2n) is 9.46. The van der Waals surface area contributed by atoms with Gasteiger partial charge in [0.2, 0.25) is 5.71 Å². The average Bonchev–Trinajstić information content (AvgIpc) is 3.61. The van der Waals surface area contributed by atoms with Gasteiger partial charge in [0.25, 0.3) is 0 Å². The summed E-state index contributed by atoms with van der Waals surface area (Å²) >= 11 is 0. The summed E-state index contributed by atoms with van der Waals surface area (Å²) in [6, 6.07) is 40.2. The van der Waals surface area contributed by atoms with Gasteiger partial charge in [-0.25, -0.2) is 4.98 Å². The summed E-state index contributed by atoms with van der Waals surface area (Å²) in [6.07, 6.45) is 5.38. The van der Waals surface area contributed by atoms with Crippen LogP contribution in [0.15, 0.2) is 126 Å². The number of para-hydroxylation sites is 1. The molecular formula is C35H23IrN5O-2. The maximum atomic E-state index is 6.19. The molecule has 3 aromatic carbocycles. The quantitative estimate of drug-likeness (QED) is 0.173. The predicted molar refractivity (Wildman–Crippen MR) is 161 cm³/mol. The molecule has 0 bridgehead atoms. The van der Waals surface area contributed by atoms with E-state index in [1.807, 2.05) is 98.0 Å². The summed E-state index contributed by atoms with van der Waals surface area (Å²) in [6.45, 7) is 1.96. The van der Waals surface area contributed by atoms with E-state index in [0.717, 1.165) is 61.4 Å². The van der Waals surface area contributed by atoms with Gasteiger partial charge in [-0.2, -0.15) is 0 Å². The standard InChI is InChI=1S/C24H15N4O.C11H8N.Ir/c1-15-10-11-18-17-8-5-9-19(22(17)29-24(18)26-15)23-27-20-12-13-25-14-21(20)28(23)16-6-3-2-4-7-16;1-2-6-10(7-3-1)11-8-4-5-9-12-11;/h2-8,10-14H,1H3;1-6,8-9H;/q2*-1;. The zero-order chi connectivity index (χ0) is 27.6. The second kappa shape index (κ2) is 11.9. The number of benzene rings is 3. The molecule has 8 aromatic rings. The van der Waals surface area contributed by atoms with Crippen LogP contribution in [0.5, 0.6) is 0 Å². The average molecular weight is 722 g/mol. The predicted octanol–water partition coefficient (Wildman–Crippen LogP) is 8.04. The molecule has 1 radical (unpaired) electrons. The Morgan fingerprint density at radius 2 is 1.60 bits per heavy atom. The fourth-order valence-electron chi connectivity index (χ4n) is 4.89. The fourth-order valence-corrected chi connectivity index (χ4v) is 4.89. The van der Waals surface area contributed by atoms with Gasteiger partial charge in [0, 0.05) is 49.3 Å². The number of fused-ring (bicyclic) bond motifs is 4. The molecule has 205 valence electrons. The van der Waals surface area contributed by atoms with E-state index in [9.17, 15) is 0 Å². The van der Waals surface area contributed by atoms with Crippen LogP contribution in [0.25, 0.3) is 61.4 Å². The third-order valence-corrected chi connectivity index (χ3v) is 6.78. The molecule has 0 amide bonds. The van der Waals surface area contributed by atoms with E-state index in [1.165, 1.54) is 0 Å². The second-order valence-corrected chi connectivity index (χ2v) is 9.46. The Labute approximate surface area is 256 Å². The van der Waals surface area contributed by atoms with E-state index < -0.39 is 0 Å². The molecule has 0 aliphatic rings. The minimum Gasteiger partial charge on any atom is -0.486 e. The van der Waals surface area contributed by atoms with Crippen molar-refractivity contribution in [2.24, 2.45) is 0 Å². The number of hydrogen-bond donors (Lipinski definition) is 0. The van der Waals surface area contributed by atoms with Crippen molar-refractivity contribution < 1.29 is 24.5 Å². The summed E-state index contributed by atoms with van der Waals surface area (Å²) in [4.78, 5) is 18.0. The summed E-state index contributed by atoms with van der Waals surface area (Å²) in [5, 5.41) is 2.00. The van der Waals surface area contributed by atoms with E-state index in [2.05, 4.69) is 49.9 Å². The number of furan rings is 1. The molecule has 0 atom stereocenters. The minimum atomic E-state index is 0. The first-order valence-corrected chi connectivity index (χ1v) is 13.2. The molecule has 0 saturated heterocycles. The molecule has 0 spiro atoms. The first-order chi connectivity index (χ1) is 20.3. The third kappa shape index (κ3) is 5.12. The summed E-state index contributed by atoms with van der Waals surface area (Å²) in [5.74, 6) is 0.764. The van der Waals surface area contributed by atoms with Crippen molar-refractivity contribution >= 4 is 33.1 Å². The Hall–Kier alpha value is -4.97. The number of rotatable bonds is 3. The molecule has 7 heteroatoms. The molecule has 0 aliphatic heterocycles. The molecule has 5 heterocycles. The Morgan fingerprint density at radius 1 is 0.738 bits per heavy atom. The van der Waals surface area contributed by atoms with Gasteiger partial charge in [-0.1, -0.05) is 41.3 Å². The Balaban J connectivity index is 0.000000205. The van der Waals surface area contributed by atoms with Gasteiger partial charge in [0.05, 0.1) is 28.6 Å². The van der Waals surface area contributed by atoms with Crippen molar-refractivity contribution in [1.29, 1.82) is 0 Å². The smallest absolute Gasteiger partial charge is 0.216 e. The fraction of sp³-hybridized carbons (Fsp3) is 0.0286. The number of pyridine rings is 3. The monoisotopic (exact) mass is 722 g/mol. The summed E-state index contributed by atoms with van der Waals surface area (Å²) in [7, 11) is 0. The molecule has 5 aromatic heterocycles. The molecule has 6 nitrogen and oxygen atoms in total. The Morgan fingerprint density at radius 3 is 2.40 bits per heavy atom. The number of aryl methyl sites for hydroxylation is 1. The van der Waals surface area contributed by atoms with Crippen LogP contribution >= 0.6 is 0 Å². The van der Waals surface area contributed by atoms with Gasteiger partial charge in [0.15, 0.2) is 0 Å². The molecule has 8 rings (SSSR count). The van der Waals surface area contributed by atoms with Crippen LogP contribution < -0.4 is 0 Å². The van der Waals surface area contributed by atoms with E-state index in [4.69, 9.17) is 9.40 Å². The van der Waals surface area contributed by atoms with Gasteiger partial charge < -0.3 is 14.0 Å². The van der Waals surface area contributed by atoms with Crippen molar-refractivity contribution in [2.75, 3.05) is 0 Å². The van der Waals surface area contributed by atoms with E-state index in [1.54, 1.807) is 12.4 Å². The van der Waals surface area contributed by atoms with Crippen LogP contribution in [-0.2, 0) is 20.1 Å². The Kier molecular flexibility index (Phi) is 7.69. The van der Waals surface area contributed by atoms with Crippen molar-refractivity contribution in [2.45, 2.75) is 6.92 Å². The third-order valence-electron chi connectivity index (χ3n) is 6.78. The largest absolute Gasteiger partial charge is 0.486 e. The van der Waals surface area contributed by atoms with E-state index in [0.29, 0.717) is 5.71 Å². The van der Waals surface area contributed by atoms with E-state index in [-0.39, 0.29) is 20.1 Å². The van der Waals surface area contributed by atoms with Crippen molar-refractivity contribution in [3.05, 3.63) is 140 Å². The maximum Gasteiger partial charge on any atom is 0.216 e. The molecule has 0 saturated carbocycles. The maximum absolute atomic E-state index is 6.19. The topological polar surface area (TPSA) is 69.6 Å². The van der Waals surface area contributed by atoms with Crippen molar-refractivity contribution in [1.82, 2.24) is 24.5 Å². The first kappa shape index (κ1) is 27.2. The van der Waals surface area contributed by atoms with Crippen LogP contribution in [0, 0.1) is 19.1 Å².